The lowest BCUT2D eigenvalue weighted by molar-refractivity contribution is -0.137. The molecule has 0 fully saturated rings. The fraction of sp³-hybridized carbons (Fsp3) is 0.200. The molecule has 1 atom stereocenters. The summed E-state index contributed by atoms with van der Waals surface area (Å²) in [5, 5.41) is 0. The molecule has 0 bridgehead atoms. The van der Waals surface area contributed by atoms with Gasteiger partial charge < -0.3 is 10.5 Å². The van der Waals surface area contributed by atoms with Gasteiger partial charge in [-0.15, -0.1) is 0 Å². The molecule has 0 radical (unpaired) electrons. The molecule has 0 aliphatic heterocycles. The Labute approximate surface area is 88.8 Å². The first-order valence-corrected chi connectivity index (χ1v) is 4.61. The molecule has 0 amide bonds. The summed E-state index contributed by atoms with van der Waals surface area (Å²) in [6.07, 6.45) is 0.368. The number of esters is 1. The first-order valence-electron chi connectivity index (χ1n) is 4.61. The molecule has 1 aromatic carbocycles. The normalized spacial score (nSPS) is 11.8. The van der Waals surface area contributed by atoms with Crippen LogP contribution in [0.2, 0.25) is 0 Å². The fourth-order valence-corrected chi connectivity index (χ4v) is 1.17. The van der Waals surface area contributed by atoms with Gasteiger partial charge >= 0.3 is 5.97 Å². The summed E-state index contributed by atoms with van der Waals surface area (Å²) in [5.41, 5.74) is 6.51. The Morgan fingerprint density at radius 3 is 2.47 bits per heavy atom. The summed E-state index contributed by atoms with van der Waals surface area (Å²) in [6.45, 7) is 0. The Bertz CT molecular complexity index is 353. The molecule has 1 rings (SSSR count). The summed E-state index contributed by atoms with van der Waals surface area (Å²) in [7, 11) is 1.17. The van der Waals surface area contributed by atoms with E-state index in [1.165, 1.54) is 7.85 Å². The average Bonchev–Trinajstić information content (AvgIpc) is 2.18. The van der Waals surface area contributed by atoms with Gasteiger partial charge in [0, 0.05) is 0 Å². The minimum atomic E-state index is -0.795. The van der Waals surface area contributed by atoms with Crippen molar-refractivity contribution in [2.75, 3.05) is 0 Å². The van der Waals surface area contributed by atoms with E-state index in [9.17, 15) is 9.59 Å². The van der Waals surface area contributed by atoms with Gasteiger partial charge in [-0.2, -0.15) is 0 Å². The van der Waals surface area contributed by atoms with Crippen molar-refractivity contribution >= 4 is 19.7 Å². The van der Waals surface area contributed by atoms with Gasteiger partial charge in [0.2, 0.25) is 7.85 Å². The molecule has 0 spiro atoms. The van der Waals surface area contributed by atoms with Crippen LogP contribution >= 0.6 is 0 Å². The lowest BCUT2D eigenvalue weighted by Crippen LogP contribution is -2.35. The molecule has 0 aliphatic carbocycles. The number of carbonyl (C=O) groups is 2. The van der Waals surface area contributed by atoms with Crippen LogP contribution in [0.1, 0.15) is 5.56 Å². The molecule has 15 heavy (non-hydrogen) atoms. The molecule has 5 heteroatoms. The largest absolute Gasteiger partial charge is 0.402 e. The highest BCUT2D eigenvalue weighted by atomic mass is 16.6. The van der Waals surface area contributed by atoms with E-state index in [4.69, 9.17) is 5.73 Å². The third kappa shape index (κ3) is 3.95. The number of hydrogen-bond acceptors (Lipinski definition) is 4. The van der Waals surface area contributed by atoms with Crippen LogP contribution in [0, 0.1) is 0 Å². The van der Waals surface area contributed by atoms with Crippen LogP contribution in [-0.4, -0.2) is 25.7 Å². The standard InChI is InChI=1S/C10H12BNO3/c11-10(14)15-9(13)8(12)6-7-4-2-1-3-5-7/h1-5,8H,6,11-12H2/t8-/m0/s1. The maximum absolute atomic E-state index is 11.2. The Hall–Kier alpha value is -1.62. The van der Waals surface area contributed by atoms with Crippen molar-refractivity contribution in [1.82, 2.24) is 0 Å². The van der Waals surface area contributed by atoms with E-state index < -0.39 is 17.9 Å². The maximum atomic E-state index is 11.2. The second kappa shape index (κ2) is 5.31. The molecule has 0 heterocycles. The maximum Gasteiger partial charge on any atom is 0.330 e. The Morgan fingerprint density at radius 1 is 1.33 bits per heavy atom. The van der Waals surface area contributed by atoms with Gasteiger partial charge in [-0.05, 0) is 12.0 Å². The molecule has 0 unspecified atom stereocenters. The van der Waals surface area contributed by atoms with Crippen LogP contribution in [0.4, 0.5) is 4.79 Å². The molecule has 1 aromatic rings. The van der Waals surface area contributed by atoms with E-state index in [0.29, 0.717) is 6.42 Å². The molecule has 0 saturated heterocycles. The van der Waals surface area contributed by atoms with E-state index in [1.54, 1.807) is 0 Å². The van der Waals surface area contributed by atoms with E-state index >= 15 is 0 Å². The molecular formula is C10H12BNO3. The van der Waals surface area contributed by atoms with Crippen LogP contribution in [0.15, 0.2) is 30.3 Å². The van der Waals surface area contributed by atoms with Crippen molar-refractivity contribution in [3.63, 3.8) is 0 Å². The van der Waals surface area contributed by atoms with Gasteiger partial charge in [0.1, 0.15) is 6.04 Å². The van der Waals surface area contributed by atoms with Crippen LogP contribution < -0.4 is 5.73 Å². The van der Waals surface area contributed by atoms with Crippen molar-refractivity contribution in [3.05, 3.63) is 35.9 Å². The van der Waals surface area contributed by atoms with Gasteiger partial charge in [-0.3, -0.25) is 4.79 Å². The third-order valence-electron chi connectivity index (χ3n) is 1.85. The molecule has 0 aliphatic rings. The van der Waals surface area contributed by atoms with Crippen LogP contribution in [0.5, 0.6) is 0 Å². The summed E-state index contributed by atoms with van der Waals surface area (Å²) in [6, 6.07) is 8.53. The van der Waals surface area contributed by atoms with Crippen molar-refractivity contribution < 1.29 is 14.3 Å². The second-order valence-electron chi connectivity index (χ2n) is 3.21. The van der Waals surface area contributed by atoms with Crippen molar-refractivity contribution in [3.8, 4) is 0 Å². The highest BCUT2D eigenvalue weighted by Gasteiger charge is 2.16. The van der Waals surface area contributed by atoms with Crippen molar-refractivity contribution in [2.45, 2.75) is 12.5 Å². The number of rotatable bonds is 3. The lowest BCUT2D eigenvalue weighted by Gasteiger charge is -2.09. The predicted octanol–water partition coefficient (Wildman–Crippen LogP) is -0.147. The van der Waals surface area contributed by atoms with Gasteiger partial charge in [0.15, 0.2) is 0 Å². The minimum Gasteiger partial charge on any atom is -0.402 e. The Morgan fingerprint density at radius 2 is 1.93 bits per heavy atom. The predicted molar refractivity (Wildman–Crippen MR) is 58.2 cm³/mol. The first kappa shape index (κ1) is 11.5. The smallest absolute Gasteiger partial charge is 0.330 e. The lowest BCUT2D eigenvalue weighted by atomic mass is 10.1. The summed E-state index contributed by atoms with van der Waals surface area (Å²) in [4.78, 5) is 21.7. The molecule has 78 valence electrons. The zero-order chi connectivity index (χ0) is 11.3. The van der Waals surface area contributed by atoms with Crippen molar-refractivity contribution in [1.29, 1.82) is 0 Å². The molecule has 0 aromatic heterocycles. The van der Waals surface area contributed by atoms with Gasteiger partial charge in [0.25, 0.3) is 5.87 Å². The minimum absolute atomic E-state index is 0.368. The van der Waals surface area contributed by atoms with E-state index in [1.807, 2.05) is 30.3 Å². The topological polar surface area (TPSA) is 69.4 Å². The van der Waals surface area contributed by atoms with Gasteiger partial charge in [-0.1, -0.05) is 30.3 Å². The number of nitrogens with two attached hydrogens (primary N) is 1. The van der Waals surface area contributed by atoms with E-state index in [-0.39, 0.29) is 0 Å². The van der Waals surface area contributed by atoms with Crippen LogP contribution in [0.3, 0.4) is 0 Å². The highest BCUT2D eigenvalue weighted by molar-refractivity contribution is 6.56. The fourth-order valence-electron chi connectivity index (χ4n) is 1.17. The van der Waals surface area contributed by atoms with Crippen LogP contribution in [-0.2, 0) is 16.0 Å². The second-order valence-corrected chi connectivity index (χ2v) is 3.21. The number of hydrogen-bond donors (Lipinski definition) is 1. The Balaban J connectivity index is 2.52. The first-order chi connectivity index (χ1) is 7.09. The molecule has 2 N–H and O–H groups in total. The quantitative estimate of drug-likeness (QED) is 0.423. The number of ether oxygens (including phenoxy) is 1. The van der Waals surface area contributed by atoms with Gasteiger partial charge in [0.05, 0.1) is 0 Å². The number of benzene rings is 1. The molecule has 0 saturated carbocycles. The molecular weight excluding hydrogens is 193 g/mol. The van der Waals surface area contributed by atoms with Crippen molar-refractivity contribution in [2.24, 2.45) is 5.73 Å². The monoisotopic (exact) mass is 205 g/mol. The highest BCUT2D eigenvalue weighted by Crippen LogP contribution is 2.02. The zero-order valence-corrected chi connectivity index (χ0v) is 8.47. The SMILES string of the molecule is BC(=O)OC(=O)[C@@H](N)Cc1ccccc1. The summed E-state index contributed by atoms with van der Waals surface area (Å²) < 4.78 is 4.38. The average molecular weight is 205 g/mol. The van der Waals surface area contributed by atoms with Gasteiger partial charge in [-0.25, -0.2) is 4.79 Å². The van der Waals surface area contributed by atoms with Crippen LogP contribution in [0.25, 0.3) is 0 Å². The summed E-state index contributed by atoms with van der Waals surface area (Å²) in [5.74, 6) is -1.32. The summed E-state index contributed by atoms with van der Waals surface area (Å²) >= 11 is 0. The third-order valence-corrected chi connectivity index (χ3v) is 1.85. The van der Waals surface area contributed by atoms with E-state index in [0.717, 1.165) is 5.56 Å². The van der Waals surface area contributed by atoms with E-state index in [2.05, 4.69) is 4.74 Å². The zero-order valence-electron chi connectivity index (χ0n) is 8.47. The molecule has 4 nitrogen and oxygen atoms in total. The Kier molecular flexibility index (Phi) is 4.06. The number of carbonyl (C=O) groups excluding carboxylic acids is 2.